The Morgan fingerprint density at radius 3 is 2.70 bits per heavy atom. The zero-order chi connectivity index (χ0) is 14.6. The molecule has 0 aliphatic heterocycles. The highest BCUT2D eigenvalue weighted by Crippen LogP contribution is 2.39. The fraction of sp³-hybridized carbons (Fsp3) is 0.533. The Hall–Kier alpha value is -1.23. The summed E-state index contributed by atoms with van der Waals surface area (Å²) in [5, 5.41) is 13.7. The third-order valence-electron chi connectivity index (χ3n) is 4.02. The van der Waals surface area contributed by atoms with Crippen LogP contribution in [0.2, 0.25) is 0 Å². The molecule has 1 saturated carbocycles. The van der Waals surface area contributed by atoms with Gasteiger partial charge in [-0.1, -0.05) is 28.8 Å². The standard InChI is InChI=1S/C15H20BrNO3/c1-20-11-4-5-12(13(18)8-11)14(19)17-10-15(9-16)6-2-3-7-15/h4-5,8,18H,2-3,6-7,9-10H2,1H3,(H,17,19). The zero-order valence-electron chi connectivity index (χ0n) is 11.6. The van der Waals surface area contributed by atoms with Gasteiger partial charge in [0.2, 0.25) is 0 Å². The van der Waals surface area contributed by atoms with Crippen molar-refractivity contribution in [2.24, 2.45) is 5.41 Å². The number of ether oxygens (including phenoxy) is 1. The van der Waals surface area contributed by atoms with Crippen LogP contribution < -0.4 is 10.1 Å². The second-order valence-electron chi connectivity index (χ2n) is 5.41. The molecule has 20 heavy (non-hydrogen) atoms. The maximum absolute atomic E-state index is 12.2. The van der Waals surface area contributed by atoms with Crippen molar-refractivity contribution >= 4 is 21.8 Å². The number of halogens is 1. The van der Waals surface area contributed by atoms with E-state index in [1.54, 1.807) is 12.1 Å². The predicted molar refractivity (Wildman–Crippen MR) is 81.7 cm³/mol. The van der Waals surface area contributed by atoms with Gasteiger partial charge in [-0.05, 0) is 30.4 Å². The Morgan fingerprint density at radius 2 is 2.15 bits per heavy atom. The molecule has 1 fully saturated rings. The molecule has 4 nitrogen and oxygen atoms in total. The van der Waals surface area contributed by atoms with Crippen molar-refractivity contribution in [3.63, 3.8) is 0 Å². The minimum absolute atomic E-state index is 0.0545. The van der Waals surface area contributed by atoms with Gasteiger partial charge in [0, 0.05) is 17.9 Å². The number of carbonyl (C=O) groups excluding carboxylic acids is 1. The molecule has 0 unspecified atom stereocenters. The van der Waals surface area contributed by atoms with Crippen LogP contribution in [0.1, 0.15) is 36.0 Å². The van der Waals surface area contributed by atoms with Crippen molar-refractivity contribution < 1.29 is 14.6 Å². The molecule has 1 aromatic rings. The summed E-state index contributed by atoms with van der Waals surface area (Å²) in [6.45, 7) is 0.641. The van der Waals surface area contributed by atoms with Gasteiger partial charge in [0.25, 0.3) is 5.91 Å². The number of alkyl halides is 1. The number of phenols is 1. The smallest absolute Gasteiger partial charge is 0.255 e. The summed E-state index contributed by atoms with van der Waals surface area (Å²) in [6.07, 6.45) is 4.70. The van der Waals surface area contributed by atoms with Gasteiger partial charge in [-0.15, -0.1) is 0 Å². The Kier molecular flexibility index (Phi) is 4.91. The monoisotopic (exact) mass is 341 g/mol. The summed E-state index contributed by atoms with van der Waals surface area (Å²) in [6, 6.07) is 4.70. The third kappa shape index (κ3) is 3.26. The topological polar surface area (TPSA) is 58.6 Å². The summed E-state index contributed by atoms with van der Waals surface area (Å²) < 4.78 is 5.01. The summed E-state index contributed by atoms with van der Waals surface area (Å²) >= 11 is 3.56. The molecule has 1 aliphatic carbocycles. The van der Waals surface area contributed by atoms with Crippen LogP contribution in [0.5, 0.6) is 11.5 Å². The number of hydrogen-bond acceptors (Lipinski definition) is 3. The van der Waals surface area contributed by atoms with Gasteiger partial charge in [0.15, 0.2) is 0 Å². The first-order valence-corrected chi connectivity index (χ1v) is 7.93. The molecule has 0 aromatic heterocycles. The van der Waals surface area contributed by atoms with E-state index in [0.717, 1.165) is 18.2 Å². The fourth-order valence-electron chi connectivity index (χ4n) is 2.68. The quantitative estimate of drug-likeness (QED) is 0.809. The van der Waals surface area contributed by atoms with Crippen LogP contribution in [0.15, 0.2) is 18.2 Å². The lowest BCUT2D eigenvalue weighted by Gasteiger charge is -2.26. The summed E-state index contributed by atoms with van der Waals surface area (Å²) in [7, 11) is 1.52. The highest BCUT2D eigenvalue weighted by Gasteiger charge is 2.33. The highest BCUT2D eigenvalue weighted by atomic mass is 79.9. The number of amides is 1. The van der Waals surface area contributed by atoms with Crippen LogP contribution in [0.4, 0.5) is 0 Å². The Labute approximate surface area is 127 Å². The number of aromatic hydroxyl groups is 1. The van der Waals surface area contributed by atoms with Gasteiger partial charge in [-0.25, -0.2) is 0 Å². The normalized spacial score (nSPS) is 16.9. The average molecular weight is 342 g/mol. The summed E-state index contributed by atoms with van der Waals surface area (Å²) in [5.41, 5.74) is 0.450. The molecule has 1 aromatic carbocycles. The molecular formula is C15H20BrNO3. The van der Waals surface area contributed by atoms with Gasteiger partial charge in [0.1, 0.15) is 11.5 Å². The lowest BCUT2D eigenvalue weighted by Crippen LogP contribution is -2.37. The number of methoxy groups -OCH3 is 1. The molecule has 0 bridgehead atoms. The van der Waals surface area contributed by atoms with Crippen LogP contribution in [0.3, 0.4) is 0 Å². The molecule has 0 heterocycles. The Bertz CT molecular complexity index is 484. The van der Waals surface area contributed by atoms with E-state index < -0.39 is 0 Å². The second-order valence-corrected chi connectivity index (χ2v) is 5.97. The van der Waals surface area contributed by atoms with E-state index in [9.17, 15) is 9.90 Å². The SMILES string of the molecule is COc1ccc(C(=O)NCC2(CBr)CCCC2)c(O)c1. The van der Waals surface area contributed by atoms with Crippen molar-refractivity contribution in [2.45, 2.75) is 25.7 Å². The number of rotatable bonds is 5. The average Bonchev–Trinajstić information content (AvgIpc) is 2.94. The van der Waals surface area contributed by atoms with Crippen molar-refractivity contribution in [3.05, 3.63) is 23.8 Å². The fourth-order valence-corrected chi connectivity index (χ4v) is 3.44. The van der Waals surface area contributed by atoms with Crippen LogP contribution in [-0.4, -0.2) is 30.0 Å². The summed E-state index contributed by atoms with van der Waals surface area (Å²) in [5.74, 6) is 0.241. The van der Waals surface area contributed by atoms with Crippen LogP contribution in [0.25, 0.3) is 0 Å². The van der Waals surface area contributed by atoms with E-state index in [-0.39, 0.29) is 22.6 Å². The van der Waals surface area contributed by atoms with Crippen molar-refractivity contribution in [3.8, 4) is 11.5 Å². The summed E-state index contributed by atoms with van der Waals surface area (Å²) in [4.78, 5) is 12.2. The van der Waals surface area contributed by atoms with E-state index in [2.05, 4.69) is 21.2 Å². The molecule has 1 amide bonds. The molecule has 2 N–H and O–H groups in total. The van der Waals surface area contributed by atoms with Crippen molar-refractivity contribution in [1.82, 2.24) is 5.32 Å². The maximum Gasteiger partial charge on any atom is 0.255 e. The Balaban J connectivity index is 2.01. The van der Waals surface area contributed by atoms with Gasteiger partial charge >= 0.3 is 0 Å². The molecule has 2 rings (SSSR count). The van der Waals surface area contributed by atoms with E-state index >= 15 is 0 Å². The molecular weight excluding hydrogens is 322 g/mol. The van der Waals surface area contributed by atoms with E-state index in [0.29, 0.717) is 12.3 Å². The van der Waals surface area contributed by atoms with Gasteiger partial charge in [0.05, 0.1) is 12.7 Å². The van der Waals surface area contributed by atoms with Crippen LogP contribution in [0, 0.1) is 5.41 Å². The Morgan fingerprint density at radius 1 is 1.45 bits per heavy atom. The van der Waals surface area contributed by atoms with Crippen LogP contribution >= 0.6 is 15.9 Å². The number of hydrogen-bond donors (Lipinski definition) is 2. The van der Waals surface area contributed by atoms with Crippen molar-refractivity contribution in [2.75, 3.05) is 19.0 Å². The highest BCUT2D eigenvalue weighted by molar-refractivity contribution is 9.09. The van der Waals surface area contributed by atoms with Crippen molar-refractivity contribution in [1.29, 1.82) is 0 Å². The number of nitrogens with one attached hydrogen (secondary N) is 1. The number of phenolic OH excluding ortho intramolecular Hbond substituents is 1. The largest absolute Gasteiger partial charge is 0.507 e. The molecule has 0 spiro atoms. The number of carbonyl (C=O) groups is 1. The minimum Gasteiger partial charge on any atom is -0.507 e. The van der Waals surface area contributed by atoms with Gasteiger partial charge < -0.3 is 15.2 Å². The van der Waals surface area contributed by atoms with E-state index in [1.165, 1.54) is 26.0 Å². The molecule has 0 radical (unpaired) electrons. The molecule has 1 aliphatic rings. The molecule has 110 valence electrons. The molecule has 5 heteroatoms. The number of benzene rings is 1. The first-order chi connectivity index (χ1) is 9.60. The lowest BCUT2D eigenvalue weighted by atomic mass is 9.89. The van der Waals surface area contributed by atoms with E-state index in [4.69, 9.17) is 4.74 Å². The first-order valence-electron chi connectivity index (χ1n) is 6.81. The predicted octanol–water partition coefficient (Wildman–Crippen LogP) is 3.09. The first kappa shape index (κ1) is 15.2. The third-order valence-corrected chi connectivity index (χ3v) is 5.21. The second kappa shape index (κ2) is 6.48. The van der Waals surface area contributed by atoms with Gasteiger partial charge in [-0.2, -0.15) is 0 Å². The van der Waals surface area contributed by atoms with E-state index in [1.807, 2.05) is 0 Å². The lowest BCUT2D eigenvalue weighted by molar-refractivity contribution is 0.0933. The minimum atomic E-state index is -0.239. The van der Waals surface area contributed by atoms with Gasteiger partial charge in [-0.3, -0.25) is 4.79 Å². The maximum atomic E-state index is 12.2. The molecule has 0 saturated heterocycles. The van der Waals surface area contributed by atoms with Crippen LogP contribution in [-0.2, 0) is 0 Å². The molecule has 0 atom stereocenters. The zero-order valence-corrected chi connectivity index (χ0v) is 13.2.